The SMILES string of the molecule is CC1C(N)CCCN1C1CCC2CC21. The zero-order valence-corrected chi connectivity index (χ0v) is 9.15. The largest absolute Gasteiger partial charge is 0.326 e. The molecule has 1 saturated heterocycles. The van der Waals surface area contributed by atoms with Gasteiger partial charge in [-0.15, -0.1) is 0 Å². The van der Waals surface area contributed by atoms with Crippen molar-refractivity contribution in [2.45, 2.75) is 57.2 Å². The van der Waals surface area contributed by atoms with E-state index in [2.05, 4.69) is 11.8 Å². The molecule has 0 bridgehead atoms. The molecule has 1 aliphatic heterocycles. The number of piperidine rings is 1. The maximum Gasteiger partial charge on any atom is 0.0221 e. The molecule has 0 aromatic carbocycles. The van der Waals surface area contributed by atoms with E-state index < -0.39 is 0 Å². The van der Waals surface area contributed by atoms with Gasteiger partial charge in [-0.3, -0.25) is 4.90 Å². The number of hydrogen-bond donors (Lipinski definition) is 1. The van der Waals surface area contributed by atoms with E-state index in [0.717, 1.165) is 17.9 Å². The van der Waals surface area contributed by atoms with Gasteiger partial charge in [0.25, 0.3) is 0 Å². The van der Waals surface area contributed by atoms with Crippen molar-refractivity contribution in [3.63, 3.8) is 0 Å². The Labute approximate surface area is 86.8 Å². The highest BCUT2D eigenvalue weighted by atomic mass is 15.2. The third-order valence-corrected chi connectivity index (χ3v) is 4.83. The Morgan fingerprint density at radius 1 is 1.21 bits per heavy atom. The zero-order chi connectivity index (χ0) is 9.71. The molecule has 0 radical (unpaired) electrons. The Morgan fingerprint density at radius 2 is 2.07 bits per heavy atom. The van der Waals surface area contributed by atoms with E-state index in [1.807, 2.05) is 0 Å². The number of nitrogens with zero attached hydrogens (tertiary/aromatic N) is 1. The highest BCUT2D eigenvalue weighted by molar-refractivity contribution is 5.04. The van der Waals surface area contributed by atoms with Crippen LogP contribution in [0.3, 0.4) is 0 Å². The molecule has 2 N–H and O–H groups in total. The van der Waals surface area contributed by atoms with Gasteiger partial charge >= 0.3 is 0 Å². The summed E-state index contributed by atoms with van der Waals surface area (Å²) in [5.74, 6) is 2.16. The van der Waals surface area contributed by atoms with Gasteiger partial charge in [0.15, 0.2) is 0 Å². The van der Waals surface area contributed by atoms with Crippen molar-refractivity contribution in [2.75, 3.05) is 6.54 Å². The average molecular weight is 194 g/mol. The first-order chi connectivity index (χ1) is 6.77. The molecular formula is C12H22N2. The normalized spacial score (nSPS) is 53.1. The van der Waals surface area contributed by atoms with E-state index in [-0.39, 0.29) is 0 Å². The molecule has 3 fully saturated rings. The van der Waals surface area contributed by atoms with Crippen molar-refractivity contribution in [2.24, 2.45) is 17.6 Å². The first-order valence-electron chi connectivity index (χ1n) is 6.28. The summed E-state index contributed by atoms with van der Waals surface area (Å²) in [7, 11) is 0. The van der Waals surface area contributed by atoms with E-state index in [9.17, 15) is 0 Å². The van der Waals surface area contributed by atoms with Crippen LogP contribution in [-0.4, -0.2) is 29.6 Å². The van der Waals surface area contributed by atoms with Crippen LogP contribution in [0, 0.1) is 11.8 Å². The highest BCUT2D eigenvalue weighted by Crippen LogP contribution is 2.54. The second-order valence-corrected chi connectivity index (χ2v) is 5.59. The lowest BCUT2D eigenvalue weighted by Gasteiger charge is -2.42. The van der Waals surface area contributed by atoms with Crippen LogP contribution in [0.1, 0.15) is 39.0 Å². The summed E-state index contributed by atoms with van der Waals surface area (Å²) >= 11 is 0. The summed E-state index contributed by atoms with van der Waals surface area (Å²) in [5.41, 5.74) is 6.15. The molecule has 1 heterocycles. The Morgan fingerprint density at radius 3 is 2.71 bits per heavy atom. The fourth-order valence-corrected chi connectivity index (χ4v) is 3.75. The van der Waals surface area contributed by atoms with E-state index >= 15 is 0 Å². The topological polar surface area (TPSA) is 29.3 Å². The van der Waals surface area contributed by atoms with Gasteiger partial charge in [-0.25, -0.2) is 0 Å². The molecule has 0 aromatic rings. The fourth-order valence-electron chi connectivity index (χ4n) is 3.75. The van der Waals surface area contributed by atoms with Gasteiger partial charge in [0.2, 0.25) is 0 Å². The Balaban J connectivity index is 1.70. The van der Waals surface area contributed by atoms with E-state index in [4.69, 9.17) is 5.73 Å². The maximum absolute atomic E-state index is 6.15. The van der Waals surface area contributed by atoms with Gasteiger partial charge in [0.1, 0.15) is 0 Å². The van der Waals surface area contributed by atoms with Crippen molar-refractivity contribution >= 4 is 0 Å². The summed E-state index contributed by atoms with van der Waals surface area (Å²) in [5, 5.41) is 0. The molecular weight excluding hydrogens is 172 g/mol. The van der Waals surface area contributed by atoms with E-state index in [1.54, 1.807) is 0 Å². The summed E-state index contributed by atoms with van der Waals surface area (Å²) in [6, 6.07) is 1.97. The van der Waals surface area contributed by atoms with Crippen LogP contribution in [0.15, 0.2) is 0 Å². The molecule has 0 aromatic heterocycles. The lowest BCUT2D eigenvalue weighted by atomic mass is 9.95. The first-order valence-corrected chi connectivity index (χ1v) is 6.28. The third-order valence-electron chi connectivity index (χ3n) is 4.83. The Bertz CT molecular complexity index is 228. The van der Waals surface area contributed by atoms with Gasteiger partial charge in [0.05, 0.1) is 0 Å². The van der Waals surface area contributed by atoms with Crippen LogP contribution in [0.5, 0.6) is 0 Å². The predicted octanol–water partition coefficient (Wildman–Crippen LogP) is 1.60. The summed E-state index contributed by atoms with van der Waals surface area (Å²) in [6.45, 7) is 3.64. The third kappa shape index (κ3) is 1.31. The van der Waals surface area contributed by atoms with Gasteiger partial charge < -0.3 is 5.73 Å². The lowest BCUT2D eigenvalue weighted by molar-refractivity contribution is 0.0817. The smallest absolute Gasteiger partial charge is 0.0221 e. The van der Waals surface area contributed by atoms with E-state index in [0.29, 0.717) is 12.1 Å². The molecule has 14 heavy (non-hydrogen) atoms. The van der Waals surface area contributed by atoms with Crippen LogP contribution >= 0.6 is 0 Å². The Hall–Kier alpha value is -0.0800. The highest BCUT2D eigenvalue weighted by Gasteiger charge is 2.51. The number of likely N-dealkylation sites (tertiary alicyclic amines) is 1. The molecule has 5 unspecified atom stereocenters. The molecule has 80 valence electrons. The number of fused-ring (bicyclic) bond motifs is 1. The minimum absolute atomic E-state index is 0.432. The second kappa shape index (κ2) is 3.21. The zero-order valence-electron chi connectivity index (χ0n) is 9.15. The predicted molar refractivity (Wildman–Crippen MR) is 58.0 cm³/mol. The molecule has 0 amide bonds. The van der Waals surface area contributed by atoms with Gasteiger partial charge in [0, 0.05) is 18.1 Å². The molecule has 2 aliphatic carbocycles. The second-order valence-electron chi connectivity index (χ2n) is 5.59. The molecule has 0 spiro atoms. The molecule has 3 rings (SSSR count). The van der Waals surface area contributed by atoms with Crippen LogP contribution in [0.25, 0.3) is 0 Å². The van der Waals surface area contributed by atoms with Crippen LogP contribution in [-0.2, 0) is 0 Å². The van der Waals surface area contributed by atoms with Crippen molar-refractivity contribution < 1.29 is 0 Å². The van der Waals surface area contributed by atoms with Gasteiger partial charge in [-0.1, -0.05) is 0 Å². The minimum Gasteiger partial charge on any atom is -0.326 e. The summed E-state index contributed by atoms with van der Waals surface area (Å²) < 4.78 is 0. The van der Waals surface area contributed by atoms with Gasteiger partial charge in [-0.2, -0.15) is 0 Å². The Kier molecular flexibility index (Phi) is 2.10. The van der Waals surface area contributed by atoms with Crippen LogP contribution in [0.4, 0.5) is 0 Å². The molecule has 2 saturated carbocycles. The number of hydrogen-bond acceptors (Lipinski definition) is 2. The van der Waals surface area contributed by atoms with E-state index in [1.165, 1.54) is 38.6 Å². The van der Waals surface area contributed by atoms with Crippen LogP contribution in [0.2, 0.25) is 0 Å². The standard InChI is InChI=1S/C12H22N2/c1-8-11(13)3-2-6-14(8)12-5-4-9-7-10(9)12/h8-12H,2-7,13H2,1H3. The van der Waals surface area contributed by atoms with Crippen molar-refractivity contribution in [1.29, 1.82) is 0 Å². The molecule has 2 heteroatoms. The first kappa shape index (κ1) is 9.17. The number of nitrogens with two attached hydrogens (primary N) is 1. The minimum atomic E-state index is 0.432. The van der Waals surface area contributed by atoms with Crippen molar-refractivity contribution in [3.05, 3.63) is 0 Å². The van der Waals surface area contributed by atoms with Crippen LogP contribution < -0.4 is 5.73 Å². The fraction of sp³-hybridized carbons (Fsp3) is 1.00. The monoisotopic (exact) mass is 194 g/mol. The van der Waals surface area contributed by atoms with Crippen molar-refractivity contribution in [1.82, 2.24) is 4.90 Å². The van der Waals surface area contributed by atoms with Gasteiger partial charge in [-0.05, 0) is 57.4 Å². The lowest BCUT2D eigenvalue weighted by Crippen LogP contribution is -2.54. The molecule has 2 nitrogen and oxygen atoms in total. The number of rotatable bonds is 1. The summed E-state index contributed by atoms with van der Waals surface area (Å²) in [4.78, 5) is 2.73. The maximum atomic E-state index is 6.15. The molecule has 3 aliphatic rings. The quantitative estimate of drug-likeness (QED) is 0.687. The average Bonchev–Trinajstić information content (AvgIpc) is 2.85. The van der Waals surface area contributed by atoms with Crippen molar-refractivity contribution in [3.8, 4) is 0 Å². The molecule has 5 atom stereocenters. The summed E-state index contributed by atoms with van der Waals surface area (Å²) in [6.07, 6.45) is 7.02.